The summed E-state index contributed by atoms with van der Waals surface area (Å²) in [5, 5.41) is 24.2. The molecule has 0 fully saturated rings. The molecule has 48 heavy (non-hydrogen) atoms. The van der Waals surface area contributed by atoms with Crippen molar-refractivity contribution in [1.29, 1.82) is 10.5 Å². The first-order chi connectivity index (χ1) is 23.7. The summed E-state index contributed by atoms with van der Waals surface area (Å²) in [6.07, 6.45) is 0. The van der Waals surface area contributed by atoms with Crippen LogP contribution < -0.4 is 0 Å². The first kappa shape index (κ1) is 27.4. The van der Waals surface area contributed by atoms with Crippen molar-refractivity contribution in [3.05, 3.63) is 169 Å². The van der Waals surface area contributed by atoms with Gasteiger partial charge in [0, 0.05) is 32.8 Å². The first-order valence-electron chi connectivity index (χ1n) is 15.9. The standard InChI is InChI=1S/C44H26N4/c45-27-29-17-22-44-39(25-29)38-12-4-8-16-43(38)48(44)40-13-5-1-9-35(40)32-20-18-31(19-21-32)33-23-30(28-46)24-34(26-33)47-41-14-6-2-10-36(41)37-11-3-7-15-42(37)47/h1-26H. The highest BCUT2D eigenvalue weighted by molar-refractivity contribution is 6.11. The lowest BCUT2D eigenvalue weighted by molar-refractivity contribution is 1.18. The second-order valence-corrected chi connectivity index (χ2v) is 12.0. The van der Waals surface area contributed by atoms with E-state index in [0.717, 1.165) is 66.5 Å². The van der Waals surface area contributed by atoms with E-state index in [1.54, 1.807) is 0 Å². The Balaban J connectivity index is 1.17. The Morgan fingerprint density at radius 2 is 0.917 bits per heavy atom. The summed E-state index contributed by atoms with van der Waals surface area (Å²) in [7, 11) is 0. The molecule has 0 amide bonds. The summed E-state index contributed by atoms with van der Waals surface area (Å²) in [6.45, 7) is 0. The average Bonchev–Trinajstić information content (AvgIpc) is 3.67. The maximum atomic E-state index is 10.1. The number of fused-ring (bicyclic) bond motifs is 6. The summed E-state index contributed by atoms with van der Waals surface area (Å²) < 4.78 is 4.55. The van der Waals surface area contributed by atoms with Crippen molar-refractivity contribution in [1.82, 2.24) is 9.13 Å². The SMILES string of the molecule is N#Cc1cc(-c2ccc(-c3ccccc3-n3c4ccccc4c4cc(C#N)ccc43)cc2)cc(-n2c3ccccc3c3ccccc32)c1. The Bertz CT molecular complexity index is 2750. The van der Waals surface area contributed by atoms with Crippen LogP contribution in [0.4, 0.5) is 0 Å². The van der Waals surface area contributed by atoms with Crippen LogP contribution in [0.1, 0.15) is 11.1 Å². The zero-order valence-electron chi connectivity index (χ0n) is 25.8. The molecule has 222 valence electrons. The van der Waals surface area contributed by atoms with E-state index in [1.807, 2.05) is 36.4 Å². The number of para-hydroxylation sites is 4. The molecule has 4 heteroatoms. The summed E-state index contributed by atoms with van der Waals surface area (Å²) in [6, 6.07) is 59.0. The van der Waals surface area contributed by atoms with Crippen LogP contribution in [0.5, 0.6) is 0 Å². The average molecular weight is 611 g/mol. The van der Waals surface area contributed by atoms with E-state index in [4.69, 9.17) is 0 Å². The lowest BCUT2D eigenvalue weighted by Gasteiger charge is -2.15. The van der Waals surface area contributed by atoms with Crippen LogP contribution in [-0.2, 0) is 0 Å². The molecular weight excluding hydrogens is 585 g/mol. The van der Waals surface area contributed by atoms with Gasteiger partial charge in [-0.1, -0.05) is 97.1 Å². The maximum absolute atomic E-state index is 10.1. The highest BCUT2D eigenvalue weighted by atomic mass is 15.0. The fourth-order valence-corrected chi connectivity index (χ4v) is 7.23. The molecule has 2 aromatic heterocycles. The minimum Gasteiger partial charge on any atom is -0.309 e. The third-order valence-corrected chi connectivity index (χ3v) is 9.36. The third kappa shape index (κ3) is 4.22. The molecule has 2 heterocycles. The summed E-state index contributed by atoms with van der Waals surface area (Å²) in [4.78, 5) is 0. The smallest absolute Gasteiger partial charge is 0.0992 e. The predicted octanol–water partition coefficient (Wildman–Crippen LogP) is 11.0. The van der Waals surface area contributed by atoms with Gasteiger partial charge in [-0.3, -0.25) is 0 Å². The van der Waals surface area contributed by atoms with Crippen molar-refractivity contribution >= 4 is 43.6 Å². The predicted molar refractivity (Wildman–Crippen MR) is 195 cm³/mol. The molecule has 0 aliphatic carbocycles. The number of nitriles is 2. The van der Waals surface area contributed by atoms with Gasteiger partial charge in [0.05, 0.1) is 51.0 Å². The van der Waals surface area contributed by atoms with E-state index in [0.29, 0.717) is 11.1 Å². The zero-order valence-corrected chi connectivity index (χ0v) is 25.8. The molecule has 0 bridgehead atoms. The van der Waals surface area contributed by atoms with E-state index in [9.17, 15) is 10.5 Å². The number of benzene rings is 7. The molecule has 0 saturated heterocycles. The molecule has 0 aliphatic rings. The van der Waals surface area contributed by atoms with Crippen LogP contribution in [0.25, 0.3) is 77.2 Å². The molecule has 9 rings (SSSR count). The van der Waals surface area contributed by atoms with Crippen molar-refractivity contribution in [2.75, 3.05) is 0 Å². The van der Waals surface area contributed by atoms with Gasteiger partial charge >= 0.3 is 0 Å². The van der Waals surface area contributed by atoms with Crippen LogP contribution >= 0.6 is 0 Å². The molecule has 7 aromatic carbocycles. The number of rotatable bonds is 4. The Morgan fingerprint density at radius 3 is 1.58 bits per heavy atom. The van der Waals surface area contributed by atoms with Crippen molar-refractivity contribution in [2.24, 2.45) is 0 Å². The van der Waals surface area contributed by atoms with E-state index in [2.05, 4.69) is 143 Å². The highest BCUT2D eigenvalue weighted by Gasteiger charge is 2.17. The normalized spacial score (nSPS) is 11.3. The molecule has 0 atom stereocenters. The van der Waals surface area contributed by atoms with E-state index >= 15 is 0 Å². The fourth-order valence-electron chi connectivity index (χ4n) is 7.23. The van der Waals surface area contributed by atoms with Crippen molar-refractivity contribution in [3.63, 3.8) is 0 Å². The van der Waals surface area contributed by atoms with Gasteiger partial charge in [-0.05, 0) is 77.4 Å². The van der Waals surface area contributed by atoms with Gasteiger partial charge < -0.3 is 9.13 Å². The van der Waals surface area contributed by atoms with Crippen molar-refractivity contribution in [3.8, 4) is 45.8 Å². The van der Waals surface area contributed by atoms with Gasteiger partial charge in [0.2, 0.25) is 0 Å². The van der Waals surface area contributed by atoms with Gasteiger partial charge in [-0.15, -0.1) is 0 Å². The second kappa shape index (κ2) is 10.9. The molecule has 9 aromatic rings. The van der Waals surface area contributed by atoms with Gasteiger partial charge in [0.15, 0.2) is 0 Å². The molecule has 4 nitrogen and oxygen atoms in total. The number of nitrogens with zero attached hydrogens (tertiary/aromatic N) is 4. The van der Waals surface area contributed by atoms with E-state index in [1.165, 1.54) is 10.8 Å². The Labute approximate surface area is 277 Å². The Hall–Kier alpha value is -6.88. The van der Waals surface area contributed by atoms with Gasteiger partial charge in [-0.2, -0.15) is 10.5 Å². The second-order valence-electron chi connectivity index (χ2n) is 12.0. The van der Waals surface area contributed by atoms with Crippen LogP contribution in [0, 0.1) is 22.7 Å². The highest BCUT2D eigenvalue weighted by Crippen LogP contribution is 2.38. The molecule has 0 spiro atoms. The molecule has 0 unspecified atom stereocenters. The molecule has 0 radical (unpaired) electrons. The minimum absolute atomic E-state index is 0.615. The van der Waals surface area contributed by atoms with Crippen LogP contribution in [-0.4, -0.2) is 9.13 Å². The molecule has 0 N–H and O–H groups in total. The van der Waals surface area contributed by atoms with Crippen LogP contribution in [0.3, 0.4) is 0 Å². The lowest BCUT2D eigenvalue weighted by atomic mass is 9.97. The Morgan fingerprint density at radius 1 is 0.375 bits per heavy atom. The van der Waals surface area contributed by atoms with E-state index < -0.39 is 0 Å². The fraction of sp³-hybridized carbons (Fsp3) is 0. The topological polar surface area (TPSA) is 57.4 Å². The summed E-state index contributed by atoms with van der Waals surface area (Å²) >= 11 is 0. The molecular formula is C44H26N4. The quantitative estimate of drug-likeness (QED) is 0.199. The monoisotopic (exact) mass is 610 g/mol. The van der Waals surface area contributed by atoms with Crippen LogP contribution in [0.15, 0.2) is 158 Å². The molecule has 0 aliphatic heterocycles. The number of hydrogen-bond acceptors (Lipinski definition) is 2. The summed E-state index contributed by atoms with van der Waals surface area (Å²) in [5.41, 5.74) is 11.9. The Kier molecular flexibility index (Phi) is 6.22. The van der Waals surface area contributed by atoms with Crippen molar-refractivity contribution in [2.45, 2.75) is 0 Å². The minimum atomic E-state index is 0.615. The van der Waals surface area contributed by atoms with Crippen molar-refractivity contribution < 1.29 is 0 Å². The summed E-state index contributed by atoms with van der Waals surface area (Å²) in [5.74, 6) is 0. The van der Waals surface area contributed by atoms with E-state index in [-0.39, 0.29) is 0 Å². The van der Waals surface area contributed by atoms with Gasteiger partial charge in [0.25, 0.3) is 0 Å². The van der Waals surface area contributed by atoms with Crippen LogP contribution in [0.2, 0.25) is 0 Å². The number of hydrogen-bond donors (Lipinski definition) is 0. The largest absolute Gasteiger partial charge is 0.309 e. The first-order valence-corrected chi connectivity index (χ1v) is 15.9. The number of aromatic nitrogens is 2. The van der Waals surface area contributed by atoms with Gasteiger partial charge in [-0.25, -0.2) is 0 Å². The third-order valence-electron chi connectivity index (χ3n) is 9.36. The zero-order chi connectivity index (χ0) is 32.2. The maximum Gasteiger partial charge on any atom is 0.0992 e. The molecule has 0 saturated carbocycles. The van der Waals surface area contributed by atoms with Gasteiger partial charge in [0.1, 0.15) is 0 Å². The lowest BCUT2D eigenvalue weighted by Crippen LogP contribution is -1.97.